The molecule has 1 rings (SSSR count). The van der Waals surface area contributed by atoms with Crippen molar-refractivity contribution in [1.82, 2.24) is 0 Å². The van der Waals surface area contributed by atoms with Crippen LogP contribution in [0, 0.1) is 19.9 Å². The molecule has 0 unspecified atom stereocenters. The van der Waals surface area contributed by atoms with Gasteiger partial charge in [0.2, 0.25) is 0 Å². The van der Waals surface area contributed by atoms with Crippen LogP contribution in [0.25, 0.3) is 0 Å². The topological polar surface area (TPSA) is 0 Å². The van der Waals surface area contributed by atoms with E-state index in [4.69, 9.17) is 0 Å². The van der Waals surface area contributed by atoms with E-state index in [9.17, 15) is 0 Å². The fraction of sp³-hybridized carbons (Fsp3) is 0.250. The lowest BCUT2D eigenvalue weighted by atomic mass is 10.1. The van der Waals surface area contributed by atoms with E-state index < -0.39 is 0 Å². The maximum Gasteiger partial charge on any atom is -0.0181 e. The average Bonchev–Trinajstić information content (AvgIpc) is 1.77. The highest BCUT2D eigenvalue weighted by Gasteiger charge is 1.84. The van der Waals surface area contributed by atoms with Crippen LogP contribution in [0.1, 0.15) is 11.1 Å². The molecule has 0 saturated carbocycles. The predicted molar refractivity (Wildman–Crippen MR) is 34.8 cm³/mol. The number of benzene rings is 1. The fourth-order valence-corrected chi connectivity index (χ4v) is 0.592. The van der Waals surface area contributed by atoms with Gasteiger partial charge in [-0.05, 0) is 31.0 Å². The van der Waals surface area contributed by atoms with Crippen LogP contribution in [0.4, 0.5) is 0 Å². The van der Waals surface area contributed by atoms with Crippen LogP contribution in [0.15, 0.2) is 18.2 Å². The molecule has 0 atom stereocenters. The molecule has 0 saturated heterocycles. The Morgan fingerprint density at radius 3 is 2.38 bits per heavy atom. The molecule has 0 fully saturated rings. The van der Waals surface area contributed by atoms with E-state index in [1.165, 1.54) is 11.1 Å². The van der Waals surface area contributed by atoms with E-state index in [1.807, 2.05) is 12.1 Å². The van der Waals surface area contributed by atoms with Crippen molar-refractivity contribution in [1.29, 1.82) is 0 Å². The Bertz CT molecular complexity index is 156. The average molecular weight is 105 g/mol. The maximum absolute atomic E-state index is 3.00. The Labute approximate surface area is 50.2 Å². The minimum absolute atomic E-state index is 1.31. The van der Waals surface area contributed by atoms with Gasteiger partial charge in [0.05, 0.1) is 0 Å². The second-order valence-corrected chi connectivity index (χ2v) is 2.01. The normalized spacial score (nSPS) is 9.25. The monoisotopic (exact) mass is 105 g/mol. The van der Waals surface area contributed by atoms with Crippen LogP contribution in [0.2, 0.25) is 0 Å². The third-order valence-corrected chi connectivity index (χ3v) is 1.35. The first kappa shape index (κ1) is 5.36. The summed E-state index contributed by atoms with van der Waals surface area (Å²) in [4.78, 5) is 0. The Balaban J connectivity index is 3.13. The van der Waals surface area contributed by atoms with Gasteiger partial charge in [0, 0.05) is 0 Å². The summed E-state index contributed by atoms with van der Waals surface area (Å²) in [6.07, 6.45) is 0. The predicted octanol–water partition coefficient (Wildman–Crippen LogP) is 2.10. The first-order valence-electron chi connectivity index (χ1n) is 2.74. The maximum atomic E-state index is 3.00. The molecule has 0 heteroatoms. The molecule has 0 bridgehead atoms. The van der Waals surface area contributed by atoms with Crippen LogP contribution in [-0.2, 0) is 0 Å². The van der Waals surface area contributed by atoms with E-state index in [0.717, 1.165) is 0 Å². The third-order valence-electron chi connectivity index (χ3n) is 1.35. The molecule has 0 aliphatic rings. The molecular formula is C8H9. The van der Waals surface area contributed by atoms with Gasteiger partial charge in [-0.3, -0.25) is 0 Å². The lowest BCUT2D eigenvalue weighted by molar-refractivity contribution is 1.34. The molecule has 1 aromatic rings. The van der Waals surface area contributed by atoms with Gasteiger partial charge in [0.25, 0.3) is 0 Å². The van der Waals surface area contributed by atoms with Gasteiger partial charge in [0.15, 0.2) is 0 Å². The number of rotatable bonds is 0. The van der Waals surface area contributed by atoms with Crippen LogP contribution >= 0.6 is 0 Å². The van der Waals surface area contributed by atoms with Crippen molar-refractivity contribution in [3.05, 3.63) is 35.4 Å². The molecule has 0 nitrogen and oxygen atoms in total. The van der Waals surface area contributed by atoms with E-state index in [-0.39, 0.29) is 0 Å². The fourth-order valence-electron chi connectivity index (χ4n) is 0.592. The minimum Gasteiger partial charge on any atom is -0.0584 e. The van der Waals surface area contributed by atoms with Crippen LogP contribution in [0.3, 0.4) is 0 Å². The van der Waals surface area contributed by atoms with E-state index in [2.05, 4.69) is 26.0 Å². The molecular weight excluding hydrogens is 96.1 g/mol. The third kappa shape index (κ3) is 0.890. The molecule has 0 spiro atoms. The van der Waals surface area contributed by atoms with Gasteiger partial charge in [-0.25, -0.2) is 0 Å². The number of hydrogen-bond donors (Lipinski definition) is 0. The lowest BCUT2D eigenvalue weighted by Gasteiger charge is -1.93. The summed E-state index contributed by atoms with van der Waals surface area (Å²) in [6, 6.07) is 8.99. The summed E-state index contributed by atoms with van der Waals surface area (Å²) >= 11 is 0. The second kappa shape index (κ2) is 1.99. The number of aryl methyl sites for hydroxylation is 2. The zero-order valence-electron chi connectivity index (χ0n) is 5.23. The summed E-state index contributed by atoms with van der Waals surface area (Å²) in [6.45, 7) is 4.19. The van der Waals surface area contributed by atoms with Crippen molar-refractivity contribution in [3.63, 3.8) is 0 Å². The summed E-state index contributed by atoms with van der Waals surface area (Å²) in [5, 5.41) is 0. The smallest absolute Gasteiger partial charge is 0.0181 e. The van der Waals surface area contributed by atoms with Crippen molar-refractivity contribution in [2.24, 2.45) is 0 Å². The molecule has 0 aliphatic carbocycles. The van der Waals surface area contributed by atoms with Gasteiger partial charge in [-0.15, -0.1) is 0 Å². The van der Waals surface area contributed by atoms with Crippen molar-refractivity contribution in [3.8, 4) is 0 Å². The molecule has 1 radical (unpaired) electrons. The van der Waals surface area contributed by atoms with E-state index >= 15 is 0 Å². The zero-order chi connectivity index (χ0) is 5.98. The molecule has 41 valence electrons. The largest absolute Gasteiger partial charge is 0.0584 e. The molecule has 8 heavy (non-hydrogen) atoms. The minimum atomic E-state index is 1.31. The molecule has 0 heterocycles. The van der Waals surface area contributed by atoms with Crippen molar-refractivity contribution in [2.75, 3.05) is 0 Å². The summed E-state index contributed by atoms with van der Waals surface area (Å²) in [5.74, 6) is 0. The van der Waals surface area contributed by atoms with Crippen molar-refractivity contribution >= 4 is 0 Å². The SMILES string of the molecule is Cc1c[c]ccc1C. The highest BCUT2D eigenvalue weighted by molar-refractivity contribution is 5.22. The molecule has 0 aliphatic heterocycles. The van der Waals surface area contributed by atoms with E-state index in [1.54, 1.807) is 0 Å². The second-order valence-electron chi connectivity index (χ2n) is 2.01. The molecule has 0 amide bonds. The van der Waals surface area contributed by atoms with Crippen LogP contribution < -0.4 is 0 Å². The first-order valence-corrected chi connectivity index (χ1v) is 2.74. The number of hydrogen-bond acceptors (Lipinski definition) is 0. The highest BCUT2D eigenvalue weighted by atomic mass is 13.9. The highest BCUT2D eigenvalue weighted by Crippen LogP contribution is 2.02. The Hall–Kier alpha value is -0.780. The van der Waals surface area contributed by atoms with Crippen LogP contribution in [0.5, 0.6) is 0 Å². The van der Waals surface area contributed by atoms with Gasteiger partial charge >= 0.3 is 0 Å². The molecule has 0 aromatic heterocycles. The Kier molecular flexibility index (Phi) is 1.34. The van der Waals surface area contributed by atoms with Gasteiger partial charge < -0.3 is 0 Å². The lowest BCUT2D eigenvalue weighted by Crippen LogP contribution is -1.75. The quantitative estimate of drug-likeness (QED) is 0.474. The Morgan fingerprint density at radius 1 is 1.25 bits per heavy atom. The van der Waals surface area contributed by atoms with Crippen molar-refractivity contribution in [2.45, 2.75) is 13.8 Å². The summed E-state index contributed by atoms with van der Waals surface area (Å²) < 4.78 is 0. The zero-order valence-corrected chi connectivity index (χ0v) is 5.23. The molecule has 1 aromatic carbocycles. The first-order chi connectivity index (χ1) is 3.80. The molecule has 0 N–H and O–H groups in total. The standard InChI is InChI=1S/C8H9/c1-7-5-3-4-6-8(7)2/h3,5-6H,1-2H3. The van der Waals surface area contributed by atoms with Gasteiger partial charge in [-0.2, -0.15) is 0 Å². The summed E-state index contributed by atoms with van der Waals surface area (Å²) in [7, 11) is 0. The van der Waals surface area contributed by atoms with Crippen LogP contribution in [-0.4, -0.2) is 0 Å². The van der Waals surface area contributed by atoms with Gasteiger partial charge in [0.1, 0.15) is 0 Å². The van der Waals surface area contributed by atoms with Gasteiger partial charge in [-0.1, -0.05) is 18.2 Å². The van der Waals surface area contributed by atoms with E-state index in [0.29, 0.717) is 0 Å². The summed E-state index contributed by atoms with van der Waals surface area (Å²) in [5.41, 5.74) is 2.65. The Morgan fingerprint density at radius 2 is 2.00 bits per heavy atom. The van der Waals surface area contributed by atoms with Crippen molar-refractivity contribution < 1.29 is 0 Å².